The highest BCUT2D eigenvalue weighted by molar-refractivity contribution is 7.92. The Morgan fingerprint density at radius 2 is 1.55 bits per heavy atom. The van der Waals surface area contributed by atoms with E-state index < -0.39 is 28.5 Å². The van der Waals surface area contributed by atoms with Gasteiger partial charge in [0.15, 0.2) is 0 Å². The van der Waals surface area contributed by atoms with E-state index >= 15 is 0 Å². The Labute approximate surface area is 243 Å². The number of halogens is 1. The van der Waals surface area contributed by atoms with E-state index in [1.54, 1.807) is 19.1 Å². The molecule has 0 aliphatic heterocycles. The average Bonchev–Trinajstić information content (AvgIpc) is 2.92. The lowest BCUT2D eigenvalue weighted by Crippen LogP contribution is -2.52. The van der Waals surface area contributed by atoms with E-state index in [0.29, 0.717) is 10.7 Å². The third-order valence-electron chi connectivity index (χ3n) is 7.23. The maximum Gasteiger partial charge on any atom is 0.264 e. The molecule has 2 atom stereocenters. The van der Waals surface area contributed by atoms with Crippen LogP contribution in [0.2, 0.25) is 5.02 Å². The maximum atomic E-state index is 14.0. The van der Waals surface area contributed by atoms with Gasteiger partial charge in [0.2, 0.25) is 11.8 Å². The topological polar surface area (TPSA) is 86.8 Å². The highest BCUT2D eigenvalue weighted by Crippen LogP contribution is 2.27. The molecule has 2 unspecified atom stereocenters. The van der Waals surface area contributed by atoms with Crippen molar-refractivity contribution in [3.63, 3.8) is 0 Å². The molecule has 0 saturated heterocycles. The summed E-state index contributed by atoms with van der Waals surface area (Å²) in [5, 5.41) is 3.35. The normalized spacial score (nSPS) is 12.9. The zero-order valence-corrected chi connectivity index (χ0v) is 25.5. The molecule has 40 heavy (non-hydrogen) atoms. The Morgan fingerprint density at radius 1 is 0.900 bits per heavy atom. The van der Waals surface area contributed by atoms with Gasteiger partial charge in [-0.25, -0.2) is 8.42 Å². The Bertz CT molecular complexity index is 1460. The van der Waals surface area contributed by atoms with Gasteiger partial charge in [-0.05, 0) is 99.7 Å². The van der Waals surface area contributed by atoms with Gasteiger partial charge in [0.1, 0.15) is 12.6 Å². The van der Waals surface area contributed by atoms with E-state index in [-0.39, 0.29) is 23.4 Å². The van der Waals surface area contributed by atoms with Crippen molar-refractivity contribution in [2.24, 2.45) is 0 Å². The average molecular weight is 584 g/mol. The zero-order valence-electron chi connectivity index (χ0n) is 23.9. The molecular weight excluding hydrogens is 546 g/mol. The smallest absolute Gasteiger partial charge is 0.264 e. The fourth-order valence-corrected chi connectivity index (χ4v) is 5.69. The predicted octanol–water partition coefficient (Wildman–Crippen LogP) is 5.79. The third-order valence-corrected chi connectivity index (χ3v) is 9.27. The fraction of sp³-hybridized carbons (Fsp3) is 0.355. The van der Waals surface area contributed by atoms with E-state index in [1.807, 2.05) is 65.0 Å². The first kappa shape index (κ1) is 31.2. The Balaban J connectivity index is 2.06. The number of hydrogen-bond donors (Lipinski definition) is 1. The largest absolute Gasteiger partial charge is 0.352 e. The van der Waals surface area contributed by atoms with E-state index in [2.05, 4.69) is 5.32 Å². The molecule has 2 amide bonds. The van der Waals surface area contributed by atoms with Crippen molar-refractivity contribution in [2.75, 3.05) is 10.8 Å². The van der Waals surface area contributed by atoms with Crippen molar-refractivity contribution in [3.8, 4) is 0 Å². The van der Waals surface area contributed by atoms with Crippen molar-refractivity contribution in [1.82, 2.24) is 10.2 Å². The van der Waals surface area contributed by atoms with Crippen molar-refractivity contribution < 1.29 is 18.0 Å². The Morgan fingerprint density at radius 3 is 2.15 bits per heavy atom. The van der Waals surface area contributed by atoms with Crippen LogP contribution in [-0.4, -0.2) is 43.8 Å². The summed E-state index contributed by atoms with van der Waals surface area (Å²) in [5.74, 6) is -0.791. The summed E-state index contributed by atoms with van der Waals surface area (Å²) in [6, 6.07) is 17.8. The number of aryl methyl sites for hydroxylation is 3. The van der Waals surface area contributed by atoms with Crippen LogP contribution in [0, 0.1) is 20.8 Å². The van der Waals surface area contributed by atoms with Gasteiger partial charge in [0.05, 0.1) is 10.6 Å². The van der Waals surface area contributed by atoms with Crippen LogP contribution in [0.5, 0.6) is 0 Å². The fourth-order valence-electron chi connectivity index (χ4n) is 4.16. The second-order valence-corrected chi connectivity index (χ2v) is 12.5. The number of anilines is 1. The summed E-state index contributed by atoms with van der Waals surface area (Å²) in [4.78, 5) is 28.7. The lowest BCUT2D eigenvalue weighted by Gasteiger charge is -2.33. The third kappa shape index (κ3) is 7.43. The van der Waals surface area contributed by atoms with Crippen molar-refractivity contribution in [2.45, 2.75) is 71.5 Å². The van der Waals surface area contributed by atoms with E-state index in [1.165, 1.54) is 29.2 Å². The van der Waals surface area contributed by atoms with Crippen molar-refractivity contribution in [3.05, 3.63) is 94.0 Å². The van der Waals surface area contributed by atoms with Crippen LogP contribution in [0.15, 0.2) is 71.6 Å². The Hall–Kier alpha value is -3.36. The van der Waals surface area contributed by atoms with Crippen molar-refractivity contribution in [1.29, 1.82) is 0 Å². The number of nitrogens with zero attached hydrogens (tertiary/aromatic N) is 2. The molecule has 7 nitrogen and oxygen atoms in total. The molecule has 0 aliphatic carbocycles. The molecule has 3 rings (SSSR count). The van der Waals surface area contributed by atoms with Gasteiger partial charge in [0.25, 0.3) is 10.0 Å². The number of benzene rings is 3. The molecule has 0 saturated carbocycles. The summed E-state index contributed by atoms with van der Waals surface area (Å²) in [5.41, 5.74) is 4.08. The number of nitrogens with one attached hydrogen (secondary N) is 1. The van der Waals surface area contributed by atoms with Gasteiger partial charge in [-0.2, -0.15) is 0 Å². The van der Waals surface area contributed by atoms with Gasteiger partial charge in [-0.15, -0.1) is 0 Å². The van der Waals surface area contributed by atoms with Crippen molar-refractivity contribution >= 4 is 39.1 Å². The minimum absolute atomic E-state index is 0.0101. The first-order chi connectivity index (χ1) is 18.8. The Kier molecular flexibility index (Phi) is 10.4. The molecule has 0 aliphatic rings. The highest BCUT2D eigenvalue weighted by Gasteiger charge is 2.33. The molecule has 214 valence electrons. The molecule has 0 heterocycles. The minimum atomic E-state index is -4.15. The van der Waals surface area contributed by atoms with Crippen LogP contribution >= 0.6 is 11.6 Å². The SMILES string of the molecule is CCC(C)NC(=O)C(C)N(Cc1ccccc1C)C(=O)CN(c1ccc(C)c(C)c1)S(=O)(=O)c1ccc(Cl)cc1. The second kappa shape index (κ2) is 13.3. The molecule has 9 heteroatoms. The summed E-state index contributed by atoms with van der Waals surface area (Å²) < 4.78 is 29.0. The van der Waals surface area contributed by atoms with E-state index in [9.17, 15) is 18.0 Å². The number of amides is 2. The molecule has 0 aromatic heterocycles. The van der Waals surface area contributed by atoms with Crippen LogP contribution in [0.25, 0.3) is 0 Å². The number of carbonyl (C=O) groups is 2. The number of hydrogen-bond acceptors (Lipinski definition) is 4. The zero-order chi connectivity index (χ0) is 29.6. The van der Waals surface area contributed by atoms with Crippen LogP contribution in [0.1, 0.15) is 49.4 Å². The molecule has 0 radical (unpaired) electrons. The molecule has 0 fully saturated rings. The summed E-state index contributed by atoms with van der Waals surface area (Å²) in [6.07, 6.45) is 0.740. The van der Waals surface area contributed by atoms with E-state index in [4.69, 9.17) is 11.6 Å². The number of sulfonamides is 1. The van der Waals surface area contributed by atoms with Crippen LogP contribution < -0.4 is 9.62 Å². The standard InChI is InChI=1S/C31H38ClN3O4S/c1-7-24(5)33-31(37)25(6)34(19-26-11-9-8-10-22(26)3)30(36)20-35(28-15-12-21(2)23(4)18-28)40(38,39)29-16-13-27(32)14-17-29/h8-18,24-25H,7,19-20H2,1-6H3,(H,33,37). The monoisotopic (exact) mass is 583 g/mol. The minimum Gasteiger partial charge on any atom is -0.352 e. The molecule has 0 spiro atoms. The highest BCUT2D eigenvalue weighted by atomic mass is 35.5. The molecule has 3 aromatic carbocycles. The number of rotatable bonds is 11. The second-order valence-electron chi connectivity index (χ2n) is 10.2. The first-order valence-corrected chi connectivity index (χ1v) is 15.2. The lowest BCUT2D eigenvalue weighted by atomic mass is 10.1. The van der Waals surface area contributed by atoms with Gasteiger partial charge >= 0.3 is 0 Å². The maximum absolute atomic E-state index is 14.0. The van der Waals surface area contributed by atoms with Crippen LogP contribution in [0.4, 0.5) is 5.69 Å². The van der Waals surface area contributed by atoms with Gasteiger partial charge in [-0.3, -0.25) is 13.9 Å². The summed E-state index contributed by atoms with van der Waals surface area (Å²) in [7, 11) is -4.15. The number of carbonyl (C=O) groups excluding carboxylic acids is 2. The first-order valence-electron chi connectivity index (χ1n) is 13.3. The van der Waals surface area contributed by atoms with Gasteiger partial charge < -0.3 is 10.2 Å². The van der Waals surface area contributed by atoms with Crippen LogP contribution in [0.3, 0.4) is 0 Å². The van der Waals surface area contributed by atoms with Gasteiger partial charge in [-0.1, -0.05) is 48.9 Å². The van der Waals surface area contributed by atoms with Gasteiger partial charge in [0, 0.05) is 17.6 Å². The van der Waals surface area contributed by atoms with E-state index in [0.717, 1.165) is 33.0 Å². The quantitative estimate of drug-likeness (QED) is 0.309. The lowest BCUT2D eigenvalue weighted by molar-refractivity contribution is -0.139. The summed E-state index contributed by atoms with van der Waals surface area (Å²) >= 11 is 6.02. The summed E-state index contributed by atoms with van der Waals surface area (Å²) in [6.45, 7) is 11.0. The molecule has 1 N–H and O–H groups in total. The molecule has 3 aromatic rings. The molecular formula is C31H38ClN3O4S. The predicted molar refractivity (Wildman–Crippen MR) is 161 cm³/mol. The van der Waals surface area contributed by atoms with Crippen LogP contribution in [-0.2, 0) is 26.2 Å². The molecule has 0 bridgehead atoms.